The fourth-order valence-corrected chi connectivity index (χ4v) is 2.50. The highest BCUT2D eigenvalue weighted by Crippen LogP contribution is 2.33. The summed E-state index contributed by atoms with van der Waals surface area (Å²) in [5.41, 5.74) is 6.03. The molecule has 0 saturated heterocycles. The molecule has 0 aliphatic heterocycles. The van der Waals surface area contributed by atoms with Gasteiger partial charge in [0.2, 0.25) is 0 Å². The van der Waals surface area contributed by atoms with Crippen LogP contribution in [0.3, 0.4) is 0 Å². The Balaban J connectivity index is 0.000000382. The van der Waals surface area contributed by atoms with Gasteiger partial charge in [-0.05, 0) is 29.9 Å². The van der Waals surface area contributed by atoms with Gasteiger partial charge >= 0.3 is 5.97 Å². The van der Waals surface area contributed by atoms with Gasteiger partial charge in [0.15, 0.2) is 5.75 Å². The number of carboxylic acid groups (broad SMARTS) is 1. The highest BCUT2D eigenvalue weighted by atomic mass is 35.5. The minimum atomic E-state index is -0.693. The molecule has 0 aromatic heterocycles. The third-order valence-corrected chi connectivity index (χ3v) is 3.10. The summed E-state index contributed by atoms with van der Waals surface area (Å²) < 4.78 is 0. The van der Waals surface area contributed by atoms with Gasteiger partial charge in [-0.25, -0.2) is 0 Å². The Morgan fingerprint density at radius 1 is 1.29 bits per heavy atom. The van der Waals surface area contributed by atoms with E-state index in [0.29, 0.717) is 5.69 Å². The molecule has 6 heteroatoms. The van der Waals surface area contributed by atoms with Gasteiger partial charge in [-0.1, -0.05) is 50.9 Å². The fourth-order valence-electron chi connectivity index (χ4n) is 2.00. The van der Waals surface area contributed by atoms with Crippen LogP contribution in [-0.2, 0) is 4.79 Å². The summed E-state index contributed by atoms with van der Waals surface area (Å²) in [6.07, 6.45) is 1.26. The molecule has 120 valence electrons. The van der Waals surface area contributed by atoms with E-state index in [0.717, 1.165) is 6.42 Å². The van der Waals surface area contributed by atoms with Gasteiger partial charge in [-0.2, -0.15) is 0 Å². The molecular formula is C15H23Cl2NO3. The van der Waals surface area contributed by atoms with E-state index in [1.165, 1.54) is 12.1 Å². The second-order valence-electron chi connectivity index (χ2n) is 6.30. The van der Waals surface area contributed by atoms with E-state index in [-0.39, 0.29) is 33.5 Å². The first-order valence-electron chi connectivity index (χ1n) is 6.57. The summed E-state index contributed by atoms with van der Waals surface area (Å²) in [6.45, 7) is 8.38. The zero-order valence-electron chi connectivity index (χ0n) is 12.8. The smallest absolute Gasteiger partial charge is 0.303 e. The Kier molecular flexibility index (Phi) is 7.90. The quantitative estimate of drug-likeness (QED) is 0.546. The largest absolute Gasteiger partial charge is 0.505 e. The van der Waals surface area contributed by atoms with Crippen LogP contribution in [0.5, 0.6) is 5.75 Å². The fraction of sp³-hybridized carbons (Fsp3) is 0.533. The third-order valence-electron chi connectivity index (χ3n) is 2.52. The molecule has 1 aromatic rings. The minimum absolute atomic E-state index is 0.127. The first-order chi connectivity index (χ1) is 9.42. The predicted molar refractivity (Wildman–Crippen MR) is 88.0 cm³/mol. The van der Waals surface area contributed by atoms with Gasteiger partial charge in [0.05, 0.1) is 10.0 Å². The minimum Gasteiger partial charge on any atom is -0.505 e. The van der Waals surface area contributed by atoms with Crippen LogP contribution < -0.4 is 5.73 Å². The van der Waals surface area contributed by atoms with Crippen molar-refractivity contribution >= 4 is 34.9 Å². The van der Waals surface area contributed by atoms with Gasteiger partial charge in [-0.15, -0.1) is 0 Å². The number of nitrogens with two attached hydrogens (primary N) is 1. The van der Waals surface area contributed by atoms with Crippen molar-refractivity contribution in [1.82, 2.24) is 0 Å². The zero-order valence-corrected chi connectivity index (χ0v) is 14.3. The maximum absolute atomic E-state index is 10.3. The van der Waals surface area contributed by atoms with Crippen molar-refractivity contribution in [3.63, 3.8) is 0 Å². The Morgan fingerprint density at radius 3 is 2.05 bits per heavy atom. The number of hydrogen-bond acceptors (Lipinski definition) is 3. The van der Waals surface area contributed by atoms with Crippen molar-refractivity contribution in [3.05, 3.63) is 22.2 Å². The number of carboxylic acids is 1. The monoisotopic (exact) mass is 335 g/mol. The Hall–Kier alpha value is -1.13. The van der Waals surface area contributed by atoms with Crippen molar-refractivity contribution < 1.29 is 15.0 Å². The molecule has 0 saturated carbocycles. The van der Waals surface area contributed by atoms with E-state index in [4.69, 9.17) is 39.1 Å². The van der Waals surface area contributed by atoms with Gasteiger partial charge in [0, 0.05) is 12.1 Å². The average Bonchev–Trinajstić information content (AvgIpc) is 2.22. The van der Waals surface area contributed by atoms with Crippen LogP contribution in [0.1, 0.15) is 40.5 Å². The number of nitrogen functional groups attached to an aromatic ring is 1. The number of hydrogen-bond donors (Lipinski definition) is 3. The lowest BCUT2D eigenvalue weighted by atomic mass is 9.84. The van der Waals surface area contributed by atoms with Crippen LogP contribution in [0.25, 0.3) is 0 Å². The standard InChI is InChI=1S/C9H18O2.C6H5Cl2NO/c1-7(5-8(10)11)6-9(2,3)4;7-4-1-3(9)2-5(8)6(4)10/h7H,5-6H2,1-4H3,(H,10,11);1-2,10H,9H2. The number of halogens is 2. The Bertz CT molecular complexity index is 461. The van der Waals surface area contributed by atoms with Crippen molar-refractivity contribution in [2.75, 3.05) is 5.73 Å². The maximum atomic E-state index is 10.3. The summed E-state index contributed by atoms with van der Waals surface area (Å²) in [4.78, 5) is 10.3. The predicted octanol–water partition coefficient (Wildman–Crippen LogP) is 4.81. The molecule has 0 heterocycles. The lowest BCUT2D eigenvalue weighted by Gasteiger charge is -2.21. The van der Waals surface area contributed by atoms with Gasteiger partial charge in [-0.3, -0.25) is 4.79 Å². The first kappa shape index (κ1) is 19.9. The molecule has 4 N–H and O–H groups in total. The summed E-state index contributed by atoms with van der Waals surface area (Å²) in [5.74, 6) is -0.535. The third kappa shape index (κ3) is 9.43. The molecule has 0 aliphatic rings. The van der Waals surface area contributed by atoms with Crippen LogP contribution in [0, 0.1) is 11.3 Å². The lowest BCUT2D eigenvalue weighted by Crippen LogP contribution is -2.13. The van der Waals surface area contributed by atoms with Crippen molar-refractivity contribution in [2.45, 2.75) is 40.5 Å². The number of rotatable bonds is 3. The van der Waals surface area contributed by atoms with Gasteiger partial charge < -0.3 is 15.9 Å². The Morgan fingerprint density at radius 2 is 1.71 bits per heavy atom. The van der Waals surface area contributed by atoms with E-state index in [1.807, 2.05) is 6.92 Å². The van der Waals surface area contributed by atoms with Crippen molar-refractivity contribution in [3.8, 4) is 5.75 Å². The molecule has 1 aromatic carbocycles. The van der Waals surface area contributed by atoms with Crippen LogP contribution >= 0.6 is 23.2 Å². The Labute approximate surface area is 135 Å². The van der Waals surface area contributed by atoms with Crippen molar-refractivity contribution in [2.24, 2.45) is 11.3 Å². The molecule has 4 nitrogen and oxygen atoms in total. The summed E-state index contributed by atoms with van der Waals surface area (Å²) in [5, 5.41) is 17.8. The molecule has 0 spiro atoms. The SMILES string of the molecule is CC(CC(=O)O)CC(C)(C)C.Nc1cc(Cl)c(O)c(Cl)c1. The highest BCUT2D eigenvalue weighted by Gasteiger charge is 2.16. The van der Waals surface area contributed by atoms with E-state index >= 15 is 0 Å². The molecule has 0 bridgehead atoms. The number of phenols is 1. The van der Waals surface area contributed by atoms with Crippen LogP contribution in [0.15, 0.2) is 12.1 Å². The van der Waals surface area contributed by atoms with E-state index in [1.54, 1.807) is 0 Å². The van der Waals surface area contributed by atoms with E-state index in [2.05, 4.69) is 20.8 Å². The summed E-state index contributed by atoms with van der Waals surface area (Å²) in [7, 11) is 0. The number of phenolic OH excluding ortho intramolecular Hbond substituents is 1. The highest BCUT2D eigenvalue weighted by molar-refractivity contribution is 6.37. The number of aliphatic carboxylic acids is 1. The van der Waals surface area contributed by atoms with E-state index in [9.17, 15) is 4.79 Å². The lowest BCUT2D eigenvalue weighted by molar-refractivity contribution is -0.138. The topological polar surface area (TPSA) is 83.5 Å². The molecule has 1 unspecified atom stereocenters. The molecule has 0 aliphatic carbocycles. The summed E-state index contributed by atoms with van der Waals surface area (Å²) >= 11 is 11.0. The molecule has 1 rings (SSSR count). The average molecular weight is 336 g/mol. The molecule has 21 heavy (non-hydrogen) atoms. The number of carbonyl (C=O) groups is 1. The number of aromatic hydroxyl groups is 1. The number of anilines is 1. The van der Waals surface area contributed by atoms with E-state index < -0.39 is 5.97 Å². The van der Waals surface area contributed by atoms with Crippen LogP contribution in [0.4, 0.5) is 5.69 Å². The molecule has 1 atom stereocenters. The van der Waals surface area contributed by atoms with Crippen LogP contribution in [0.2, 0.25) is 10.0 Å². The maximum Gasteiger partial charge on any atom is 0.303 e. The van der Waals surface area contributed by atoms with Gasteiger partial charge in [0.25, 0.3) is 0 Å². The molecule has 0 amide bonds. The van der Waals surface area contributed by atoms with Crippen LogP contribution in [-0.4, -0.2) is 16.2 Å². The van der Waals surface area contributed by atoms with Gasteiger partial charge in [0.1, 0.15) is 0 Å². The summed E-state index contributed by atoms with van der Waals surface area (Å²) in [6, 6.07) is 2.87. The zero-order chi connectivity index (χ0) is 16.8. The molecule has 0 radical (unpaired) electrons. The van der Waals surface area contributed by atoms with Crippen molar-refractivity contribution in [1.29, 1.82) is 0 Å². The first-order valence-corrected chi connectivity index (χ1v) is 7.33. The number of benzene rings is 1. The molecule has 0 fully saturated rings. The second-order valence-corrected chi connectivity index (χ2v) is 7.12. The normalized spacial score (nSPS) is 12.3. The second kappa shape index (κ2) is 8.35. The molecular weight excluding hydrogens is 313 g/mol.